The zero-order chi connectivity index (χ0) is 19.5. The van der Waals surface area contributed by atoms with Gasteiger partial charge in [0.15, 0.2) is 11.2 Å². The van der Waals surface area contributed by atoms with Gasteiger partial charge in [0.1, 0.15) is 12.3 Å². The highest BCUT2D eigenvalue weighted by molar-refractivity contribution is 6.83. The standard InChI is InChI=1S/C16H27N5O4Si/c1-15(2,3)26(4,5)16(24)6-10(25-9(16)7-22)21-8-18-11-12(21)19-14(17)20-13(11)23/h8-10,22,24H,6-7H2,1-5H3,(H3,17,19,20,23)/t9-,10-,16-/m1/s1. The predicted molar refractivity (Wildman–Crippen MR) is 100 cm³/mol. The number of rotatable bonds is 3. The molecule has 10 heteroatoms. The second-order valence-corrected chi connectivity index (χ2v) is 14.2. The Kier molecular flexibility index (Phi) is 4.30. The predicted octanol–water partition coefficient (Wildman–Crippen LogP) is 0.760. The minimum atomic E-state index is -2.30. The van der Waals surface area contributed by atoms with Crippen molar-refractivity contribution in [2.45, 2.75) is 62.9 Å². The second kappa shape index (κ2) is 5.88. The monoisotopic (exact) mass is 381 g/mol. The summed E-state index contributed by atoms with van der Waals surface area (Å²) in [5, 5.41) is 20.2. The molecule has 0 aromatic carbocycles. The molecule has 0 radical (unpaired) electrons. The molecule has 0 saturated carbocycles. The van der Waals surface area contributed by atoms with E-state index in [1.165, 1.54) is 6.33 Å². The zero-order valence-corrected chi connectivity index (χ0v) is 16.8. The van der Waals surface area contributed by atoms with E-state index in [0.717, 1.165) is 0 Å². The summed E-state index contributed by atoms with van der Waals surface area (Å²) in [5.41, 5.74) is 5.68. The number of ether oxygens (including phenoxy) is 1. The van der Waals surface area contributed by atoms with E-state index in [9.17, 15) is 15.0 Å². The van der Waals surface area contributed by atoms with Gasteiger partial charge in [-0.2, -0.15) is 4.98 Å². The number of aromatic amines is 1. The van der Waals surface area contributed by atoms with Crippen LogP contribution >= 0.6 is 0 Å². The third-order valence-electron chi connectivity index (χ3n) is 6.22. The van der Waals surface area contributed by atoms with Crippen molar-refractivity contribution in [1.82, 2.24) is 19.5 Å². The molecule has 0 unspecified atom stereocenters. The summed E-state index contributed by atoms with van der Waals surface area (Å²) in [5.74, 6) is -0.0133. The molecule has 5 N–H and O–H groups in total. The van der Waals surface area contributed by atoms with Gasteiger partial charge in [-0.15, -0.1) is 0 Å². The third kappa shape index (κ3) is 2.59. The number of aliphatic hydroxyl groups is 2. The molecular formula is C16H27N5O4Si. The first-order valence-corrected chi connectivity index (χ1v) is 11.6. The molecule has 3 heterocycles. The largest absolute Gasteiger partial charge is 0.394 e. The number of anilines is 1. The van der Waals surface area contributed by atoms with Crippen LogP contribution in [0, 0.1) is 0 Å². The number of H-pyrrole nitrogens is 1. The fraction of sp³-hybridized carbons (Fsp3) is 0.688. The lowest BCUT2D eigenvalue weighted by Crippen LogP contribution is -2.64. The summed E-state index contributed by atoms with van der Waals surface area (Å²) in [6.07, 6.45) is 0.437. The van der Waals surface area contributed by atoms with Crippen molar-refractivity contribution in [2.75, 3.05) is 12.3 Å². The van der Waals surface area contributed by atoms with Gasteiger partial charge < -0.3 is 20.7 Å². The molecule has 1 aliphatic rings. The van der Waals surface area contributed by atoms with Crippen LogP contribution in [0.15, 0.2) is 11.1 Å². The first-order valence-electron chi connectivity index (χ1n) is 8.63. The fourth-order valence-corrected chi connectivity index (χ4v) is 6.51. The molecule has 9 nitrogen and oxygen atoms in total. The number of nitrogen functional groups attached to an aromatic ring is 1. The Morgan fingerprint density at radius 3 is 2.73 bits per heavy atom. The van der Waals surface area contributed by atoms with Crippen LogP contribution in [0.5, 0.6) is 0 Å². The van der Waals surface area contributed by atoms with Crippen molar-refractivity contribution < 1.29 is 14.9 Å². The van der Waals surface area contributed by atoms with Gasteiger partial charge in [0.05, 0.1) is 26.2 Å². The lowest BCUT2D eigenvalue weighted by molar-refractivity contribution is -0.0575. The molecule has 0 spiro atoms. The molecule has 0 amide bonds. The van der Waals surface area contributed by atoms with Gasteiger partial charge in [0, 0.05) is 6.42 Å². The summed E-state index contributed by atoms with van der Waals surface area (Å²) in [6.45, 7) is 10.2. The van der Waals surface area contributed by atoms with Crippen molar-refractivity contribution >= 4 is 25.2 Å². The molecule has 1 saturated heterocycles. The summed E-state index contributed by atoms with van der Waals surface area (Å²) in [7, 11) is -2.30. The van der Waals surface area contributed by atoms with Crippen LogP contribution < -0.4 is 11.3 Å². The Morgan fingerprint density at radius 2 is 2.15 bits per heavy atom. The summed E-state index contributed by atoms with van der Waals surface area (Å²) in [6, 6.07) is 0. The van der Waals surface area contributed by atoms with Crippen molar-refractivity contribution in [3.05, 3.63) is 16.7 Å². The van der Waals surface area contributed by atoms with Gasteiger partial charge in [-0.1, -0.05) is 33.9 Å². The number of nitrogens with one attached hydrogen (secondary N) is 1. The minimum absolute atomic E-state index is 0.0133. The molecule has 26 heavy (non-hydrogen) atoms. The van der Waals surface area contributed by atoms with Crippen LogP contribution in [0.1, 0.15) is 33.4 Å². The molecular weight excluding hydrogens is 354 g/mol. The van der Waals surface area contributed by atoms with Gasteiger partial charge in [0.2, 0.25) is 5.95 Å². The smallest absolute Gasteiger partial charge is 0.280 e. The average Bonchev–Trinajstić information content (AvgIpc) is 3.07. The quantitative estimate of drug-likeness (QED) is 0.576. The lowest BCUT2D eigenvalue weighted by Gasteiger charge is -2.49. The van der Waals surface area contributed by atoms with Gasteiger partial charge >= 0.3 is 0 Å². The molecule has 2 aromatic rings. The molecule has 3 rings (SSSR count). The highest BCUT2D eigenvalue weighted by atomic mass is 28.3. The maximum atomic E-state index is 12.0. The fourth-order valence-electron chi connectivity index (χ4n) is 3.57. The van der Waals surface area contributed by atoms with E-state index in [1.54, 1.807) is 4.57 Å². The number of nitrogens with zero attached hydrogens (tertiary/aromatic N) is 3. The van der Waals surface area contributed by atoms with Crippen LogP contribution in [0.3, 0.4) is 0 Å². The molecule has 1 aliphatic heterocycles. The SMILES string of the molecule is CC(C)(C)[Si](C)(C)[C@]1(O)C[C@H](n2cnc3c(=O)[nH]c(N)nc32)O[C@@H]1CO. The Balaban J connectivity index is 2.07. The number of nitrogens with two attached hydrogens (primary N) is 1. The molecule has 3 atom stereocenters. The number of hydrogen-bond donors (Lipinski definition) is 4. The highest BCUT2D eigenvalue weighted by Gasteiger charge is 2.61. The van der Waals surface area contributed by atoms with Crippen molar-refractivity contribution in [2.24, 2.45) is 0 Å². The maximum absolute atomic E-state index is 12.0. The Labute approximate surface area is 152 Å². The number of aromatic nitrogens is 4. The van der Waals surface area contributed by atoms with Crippen molar-refractivity contribution in [3.8, 4) is 0 Å². The molecule has 0 aliphatic carbocycles. The summed E-state index contributed by atoms with van der Waals surface area (Å²) in [4.78, 5) is 22.7. The van der Waals surface area contributed by atoms with Gasteiger partial charge in [-0.05, 0) is 5.04 Å². The Hall–Kier alpha value is -1.75. The number of fused-ring (bicyclic) bond motifs is 1. The van der Waals surface area contributed by atoms with Crippen LogP contribution in [0.2, 0.25) is 18.1 Å². The van der Waals surface area contributed by atoms with E-state index in [1.807, 2.05) is 0 Å². The van der Waals surface area contributed by atoms with Crippen molar-refractivity contribution in [3.63, 3.8) is 0 Å². The van der Waals surface area contributed by atoms with Crippen LogP contribution in [-0.2, 0) is 4.74 Å². The summed E-state index contributed by atoms with van der Waals surface area (Å²) >= 11 is 0. The van der Waals surface area contributed by atoms with Crippen molar-refractivity contribution in [1.29, 1.82) is 0 Å². The number of aliphatic hydroxyl groups excluding tert-OH is 1. The van der Waals surface area contributed by atoms with E-state index in [4.69, 9.17) is 10.5 Å². The van der Waals surface area contributed by atoms with Gasteiger partial charge in [-0.3, -0.25) is 14.3 Å². The topological polar surface area (TPSA) is 139 Å². The van der Waals surface area contributed by atoms with Crippen LogP contribution in [0.4, 0.5) is 5.95 Å². The van der Waals surface area contributed by atoms with E-state index in [-0.39, 0.29) is 29.5 Å². The maximum Gasteiger partial charge on any atom is 0.280 e. The van der Waals surface area contributed by atoms with Gasteiger partial charge in [0.25, 0.3) is 5.56 Å². The first kappa shape index (κ1) is 19.0. The Morgan fingerprint density at radius 1 is 1.50 bits per heavy atom. The first-order chi connectivity index (χ1) is 11.9. The normalized spacial score (nSPS) is 27.3. The lowest BCUT2D eigenvalue weighted by atomic mass is 10.1. The third-order valence-corrected chi connectivity index (χ3v) is 12.7. The highest BCUT2D eigenvalue weighted by Crippen LogP contribution is 2.51. The molecule has 1 fully saturated rings. The summed E-state index contributed by atoms with van der Waals surface area (Å²) < 4.78 is 7.61. The zero-order valence-electron chi connectivity index (χ0n) is 15.8. The molecule has 144 valence electrons. The van der Waals surface area contributed by atoms with E-state index in [2.05, 4.69) is 48.8 Å². The number of imidazole rings is 1. The number of hydrogen-bond acceptors (Lipinski definition) is 7. The van der Waals surface area contributed by atoms with Gasteiger partial charge in [-0.25, -0.2) is 4.98 Å². The molecule has 0 bridgehead atoms. The van der Waals surface area contributed by atoms with E-state index in [0.29, 0.717) is 5.65 Å². The van der Waals surface area contributed by atoms with Crippen LogP contribution in [-0.4, -0.2) is 55.7 Å². The second-order valence-electron chi connectivity index (χ2n) is 8.54. The van der Waals surface area contributed by atoms with E-state index < -0.39 is 31.2 Å². The van der Waals surface area contributed by atoms with Crippen LogP contribution in [0.25, 0.3) is 11.2 Å². The molecule has 2 aromatic heterocycles. The average molecular weight is 382 g/mol. The Bertz CT molecular complexity index is 887. The van der Waals surface area contributed by atoms with E-state index >= 15 is 0 Å². The minimum Gasteiger partial charge on any atom is -0.394 e.